The van der Waals surface area contributed by atoms with Crippen LogP contribution in [0.15, 0.2) is 108 Å². The first-order valence-corrected chi connectivity index (χ1v) is 10.7. The van der Waals surface area contributed by atoms with Crippen LogP contribution in [0, 0.1) is 0 Å². The smallest absolute Gasteiger partial charge is 0.257 e. The lowest BCUT2D eigenvalue weighted by Gasteiger charge is -2.14. The Morgan fingerprint density at radius 2 is 1.50 bits per heavy atom. The molecule has 0 spiro atoms. The van der Waals surface area contributed by atoms with E-state index in [0.29, 0.717) is 10.9 Å². The molecule has 0 amide bonds. The summed E-state index contributed by atoms with van der Waals surface area (Å²) < 4.78 is 0. The number of pyridine rings is 2. The maximum absolute atomic E-state index is 12.4. The summed E-state index contributed by atoms with van der Waals surface area (Å²) in [6.45, 7) is 0. The predicted molar refractivity (Wildman–Crippen MR) is 130 cm³/mol. The third kappa shape index (κ3) is 3.96. The molecule has 0 aliphatic heterocycles. The fraction of sp³-hybridized carbons (Fsp3) is 0.0714. The summed E-state index contributed by atoms with van der Waals surface area (Å²) in [5, 5.41) is 0.584. The minimum absolute atomic E-state index is 0.0487. The number of nitrogens with two attached hydrogens (primary N) is 1. The molecule has 0 fully saturated rings. The second-order valence-electron chi connectivity index (χ2n) is 7.91. The van der Waals surface area contributed by atoms with Gasteiger partial charge in [-0.25, -0.2) is 4.98 Å². The zero-order valence-corrected chi connectivity index (χ0v) is 17.5. The highest BCUT2D eigenvalue weighted by atomic mass is 16.1. The van der Waals surface area contributed by atoms with E-state index < -0.39 is 0 Å². The van der Waals surface area contributed by atoms with E-state index in [1.54, 1.807) is 6.20 Å². The van der Waals surface area contributed by atoms with E-state index in [1.165, 1.54) is 5.56 Å². The highest BCUT2D eigenvalue weighted by Crippen LogP contribution is 2.33. The summed E-state index contributed by atoms with van der Waals surface area (Å²) in [5.74, 6) is 0. The van der Waals surface area contributed by atoms with Crippen molar-refractivity contribution in [1.29, 1.82) is 0 Å². The van der Waals surface area contributed by atoms with Crippen molar-refractivity contribution in [1.82, 2.24) is 9.97 Å². The zero-order valence-electron chi connectivity index (χ0n) is 17.5. The van der Waals surface area contributed by atoms with E-state index >= 15 is 0 Å². The Morgan fingerprint density at radius 1 is 0.812 bits per heavy atom. The summed E-state index contributed by atoms with van der Waals surface area (Å²) >= 11 is 0. The SMILES string of the molecule is NC(Cc1ccc(-c2nc3cc[nH]c(=O)c3cc2-c2ccccc2)cc1)c1ccccc1. The lowest BCUT2D eigenvalue weighted by molar-refractivity contribution is 0.722. The molecule has 0 radical (unpaired) electrons. The van der Waals surface area contributed by atoms with Crippen molar-refractivity contribution >= 4 is 10.9 Å². The summed E-state index contributed by atoms with van der Waals surface area (Å²) in [6.07, 6.45) is 2.40. The highest BCUT2D eigenvalue weighted by molar-refractivity contribution is 5.91. The maximum atomic E-state index is 12.4. The molecular formula is C28H23N3O. The lowest BCUT2D eigenvalue weighted by atomic mass is 9.95. The van der Waals surface area contributed by atoms with Gasteiger partial charge in [0.25, 0.3) is 5.56 Å². The number of aromatic amines is 1. The topological polar surface area (TPSA) is 71.8 Å². The molecule has 4 nitrogen and oxygen atoms in total. The van der Waals surface area contributed by atoms with Gasteiger partial charge in [-0.2, -0.15) is 0 Å². The Hall–Kier alpha value is -4.02. The molecule has 0 saturated carbocycles. The number of fused-ring (bicyclic) bond motifs is 1. The Kier molecular flexibility index (Phi) is 5.36. The van der Waals surface area contributed by atoms with Crippen LogP contribution in [-0.2, 0) is 6.42 Å². The van der Waals surface area contributed by atoms with Gasteiger partial charge in [0.1, 0.15) is 0 Å². The highest BCUT2D eigenvalue weighted by Gasteiger charge is 2.13. The van der Waals surface area contributed by atoms with Crippen molar-refractivity contribution in [2.75, 3.05) is 0 Å². The fourth-order valence-corrected chi connectivity index (χ4v) is 4.04. The Balaban J connectivity index is 1.54. The molecule has 0 bridgehead atoms. The van der Waals surface area contributed by atoms with Crippen molar-refractivity contribution in [2.24, 2.45) is 5.73 Å². The van der Waals surface area contributed by atoms with Crippen molar-refractivity contribution in [2.45, 2.75) is 12.5 Å². The van der Waals surface area contributed by atoms with Crippen molar-refractivity contribution < 1.29 is 0 Å². The van der Waals surface area contributed by atoms with E-state index in [9.17, 15) is 4.79 Å². The predicted octanol–water partition coefficient (Wildman–Crippen LogP) is 5.50. The van der Waals surface area contributed by atoms with Gasteiger partial charge in [-0.3, -0.25) is 4.79 Å². The first kappa shape index (κ1) is 19.9. The van der Waals surface area contributed by atoms with Crippen LogP contribution in [0.5, 0.6) is 0 Å². The summed E-state index contributed by atoms with van der Waals surface area (Å²) in [5.41, 5.74) is 13.1. The molecule has 5 rings (SSSR count). The molecule has 1 atom stereocenters. The average Bonchev–Trinajstić information content (AvgIpc) is 2.85. The van der Waals surface area contributed by atoms with Gasteiger partial charge in [0.2, 0.25) is 0 Å². The number of H-pyrrole nitrogens is 1. The summed E-state index contributed by atoms with van der Waals surface area (Å²) in [6, 6.07) is 32.3. The first-order valence-electron chi connectivity index (χ1n) is 10.7. The van der Waals surface area contributed by atoms with E-state index in [-0.39, 0.29) is 11.6 Å². The molecule has 1 unspecified atom stereocenters. The minimum Gasteiger partial charge on any atom is -0.328 e. The van der Waals surface area contributed by atoms with Crippen molar-refractivity contribution in [3.05, 3.63) is 125 Å². The molecule has 156 valence electrons. The first-order chi connectivity index (χ1) is 15.7. The van der Waals surface area contributed by atoms with Gasteiger partial charge in [-0.1, -0.05) is 84.9 Å². The lowest BCUT2D eigenvalue weighted by Crippen LogP contribution is -2.13. The van der Waals surface area contributed by atoms with Crippen LogP contribution < -0.4 is 11.3 Å². The third-order valence-electron chi connectivity index (χ3n) is 5.75. The number of rotatable bonds is 5. The van der Waals surface area contributed by atoms with Gasteiger partial charge >= 0.3 is 0 Å². The van der Waals surface area contributed by atoms with Gasteiger partial charge in [0.15, 0.2) is 0 Å². The Labute approximate surface area is 186 Å². The molecule has 3 N–H and O–H groups in total. The van der Waals surface area contributed by atoms with Crippen LogP contribution in [-0.4, -0.2) is 9.97 Å². The molecule has 0 aliphatic rings. The molecule has 4 heteroatoms. The minimum atomic E-state index is -0.135. The van der Waals surface area contributed by atoms with Gasteiger partial charge in [0, 0.05) is 23.4 Å². The van der Waals surface area contributed by atoms with Crippen molar-refractivity contribution in [3.8, 4) is 22.4 Å². The van der Waals surface area contributed by atoms with Crippen LogP contribution in [0.2, 0.25) is 0 Å². The van der Waals surface area contributed by atoms with Crippen LogP contribution in [0.4, 0.5) is 0 Å². The normalized spacial score (nSPS) is 12.0. The molecule has 0 aliphatic carbocycles. The maximum Gasteiger partial charge on any atom is 0.257 e. The van der Waals surface area contributed by atoms with E-state index in [1.807, 2.05) is 60.7 Å². The van der Waals surface area contributed by atoms with Crippen LogP contribution in [0.25, 0.3) is 33.3 Å². The molecular weight excluding hydrogens is 394 g/mol. The van der Waals surface area contributed by atoms with Crippen molar-refractivity contribution in [3.63, 3.8) is 0 Å². The standard InChI is InChI=1S/C28H23N3O/c29-25(21-9-5-2-6-10-21)17-19-11-13-22(14-12-19)27-23(20-7-3-1-4-8-20)18-24-26(31-27)15-16-30-28(24)32/h1-16,18,25H,17,29H2,(H,30,32). The number of benzene rings is 3. The van der Waals surface area contributed by atoms with E-state index in [0.717, 1.165) is 34.4 Å². The van der Waals surface area contributed by atoms with Gasteiger partial charge in [0.05, 0.1) is 16.6 Å². The summed E-state index contributed by atoms with van der Waals surface area (Å²) in [4.78, 5) is 20.0. The summed E-state index contributed by atoms with van der Waals surface area (Å²) in [7, 11) is 0. The van der Waals surface area contributed by atoms with Gasteiger partial charge in [-0.15, -0.1) is 0 Å². The number of hydrogen-bond acceptors (Lipinski definition) is 3. The van der Waals surface area contributed by atoms with E-state index in [2.05, 4.69) is 41.4 Å². The quantitative estimate of drug-likeness (QED) is 0.397. The van der Waals surface area contributed by atoms with Crippen LogP contribution >= 0.6 is 0 Å². The molecule has 3 aromatic carbocycles. The molecule has 2 heterocycles. The van der Waals surface area contributed by atoms with Gasteiger partial charge < -0.3 is 10.7 Å². The average molecular weight is 418 g/mol. The molecule has 32 heavy (non-hydrogen) atoms. The van der Waals surface area contributed by atoms with Crippen LogP contribution in [0.1, 0.15) is 17.2 Å². The fourth-order valence-electron chi connectivity index (χ4n) is 4.04. The monoisotopic (exact) mass is 417 g/mol. The molecule has 2 aromatic heterocycles. The largest absolute Gasteiger partial charge is 0.328 e. The number of hydrogen-bond donors (Lipinski definition) is 2. The Morgan fingerprint density at radius 3 is 2.22 bits per heavy atom. The number of nitrogens with zero attached hydrogens (tertiary/aromatic N) is 1. The van der Waals surface area contributed by atoms with E-state index in [4.69, 9.17) is 10.7 Å². The van der Waals surface area contributed by atoms with Gasteiger partial charge in [-0.05, 0) is 35.2 Å². The second kappa shape index (κ2) is 8.61. The molecule has 0 saturated heterocycles. The number of nitrogens with one attached hydrogen (secondary N) is 1. The Bertz CT molecular complexity index is 1410. The van der Waals surface area contributed by atoms with Crippen LogP contribution in [0.3, 0.4) is 0 Å². The second-order valence-corrected chi connectivity index (χ2v) is 7.91. The number of aromatic nitrogens is 2. The molecule has 5 aromatic rings. The zero-order chi connectivity index (χ0) is 21.9. The third-order valence-corrected chi connectivity index (χ3v) is 5.75.